The summed E-state index contributed by atoms with van der Waals surface area (Å²) < 4.78 is 27.3. The fourth-order valence-corrected chi connectivity index (χ4v) is 4.69. The van der Waals surface area contributed by atoms with Gasteiger partial charge in [-0.3, -0.25) is 0 Å². The van der Waals surface area contributed by atoms with Gasteiger partial charge in [0.2, 0.25) is 10.0 Å². The van der Waals surface area contributed by atoms with Crippen LogP contribution in [0.3, 0.4) is 0 Å². The van der Waals surface area contributed by atoms with Crippen molar-refractivity contribution in [3.63, 3.8) is 0 Å². The van der Waals surface area contributed by atoms with Crippen LogP contribution in [0.5, 0.6) is 0 Å². The molecule has 0 aromatic carbocycles. The Kier molecular flexibility index (Phi) is 3.56. The van der Waals surface area contributed by atoms with Gasteiger partial charge in [-0.25, -0.2) is 13.1 Å². The lowest BCUT2D eigenvalue weighted by Crippen LogP contribution is -2.50. The first-order chi connectivity index (χ1) is 7.52. The molecule has 1 saturated carbocycles. The molecule has 1 atom stereocenters. The Morgan fingerprint density at radius 3 is 2.50 bits per heavy atom. The fourth-order valence-electron chi connectivity index (χ4n) is 2.71. The van der Waals surface area contributed by atoms with Crippen LogP contribution in [0.25, 0.3) is 0 Å². The molecule has 4 nitrogen and oxygen atoms in total. The Bertz CT molecular complexity index is 328. The Balaban J connectivity index is 2.01. The van der Waals surface area contributed by atoms with Crippen molar-refractivity contribution in [3.8, 4) is 0 Å². The van der Waals surface area contributed by atoms with Gasteiger partial charge in [-0.15, -0.1) is 0 Å². The highest BCUT2D eigenvalue weighted by Crippen LogP contribution is 2.25. The van der Waals surface area contributed by atoms with Crippen LogP contribution in [0.15, 0.2) is 0 Å². The van der Waals surface area contributed by atoms with Crippen LogP contribution in [-0.4, -0.2) is 32.3 Å². The third kappa shape index (κ3) is 2.76. The number of sulfonamides is 1. The van der Waals surface area contributed by atoms with Crippen molar-refractivity contribution in [1.82, 2.24) is 10.0 Å². The van der Waals surface area contributed by atoms with Crippen LogP contribution in [0.1, 0.15) is 45.4 Å². The lowest BCUT2D eigenvalue weighted by molar-refractivity contribution is 0.429. The maximum absolute atomic E-state index is 12.2. The fraction of sp³-hybridized carbons (Fsp3) is 1.00. The topological polar surface area (TPSA) is 58.2 Å². The molecule has 16 heavy (non-hydrogen) atoms. The smallest absolute Gasteiger partial charge is 0.215 e. The maximum Gasteiger partial charge on any atom is 0.215 e. The molecule has 1 heterocycles. The van der Waals surface area contributed by atoms with E-state index in [0.29, 0.717) is 0 Å². The monoisotopic (exact) mass is 246 g/mol. The van der Waals surface area contributed by atoms with Gasteiger partial charge in [-0.1, -0.05) is 19.3 Å². The van der Waals surface area contributed by atoms with Crippen LogP contribution in [0.4, 0.5) is 0 Å². The van der Waals surface area contributed by atoms with Gasteiger partial charge in [0.1, 0.15) is 0 Å². The lowest BCUT2D eigenvalue weighted by Gasteiger charge is -2.29. The highest BCUT2D eigenvalue weighted by Gasteiger charge is 2.36. The van der Waals surface area contributed by atoms with E-state index >= 15 is 0 Å². The standard InChI is InChI=1S/C11H22N2O2S/c1-11(7-8-12-9-11)13-16(14,15)10-5-3-2-4-6-10/h10,12-13H,2-9H2,1H3. The Morgan fingerprint density at radius 2 is 1.94 bits per heavy atom. The molecule has 1 aliphatic heterocycles. The summed E-state index contributed by atoms with van der Waals surface area (Å²) in [6, 6.07) is 0. The SMILES string of the molecule is CC1(NS(=O)(=O)C2CCCCC2)CCNC1. The molecule has 1 unspecified atom stereocenters. The minimum atomic E-state index is -3.12. The van der Waals surface area contributed by atoms with E-state index in [1.54, 1.807) is 0 Å². The van der Waals surface area contributed by atoms with Crippen molar-refractivity contribution < 1.29 is 8.42 Å². The van der Waals surface area contributed by atoms with Gasteiger partial charge in [0.25, 0.3) is 0 Å². The molecule has 0 amide bonds. The van der Waals surface area contributed by atoms with Gasteiger partial charge in [0, 0.05) is 12.1 Å². The van der Waals surface area contributed by atoms with Crippen LogP contribution >= 0.6 is 0 Å². The van der Waals surface area contributed by atoms with Crippen molar-refractivity contribution in [1.29, 1.82) is 0 Å². The van der Waals surface area contributed by atoms with Crippen LogP contribution in [0.2, 0.25) is 0 Å². The van der Waals surface area contributed by atoms with Crippen LogP contribution < -0.4 is 10.0 Å². The first kappa shape index (κ1) is 12.3. The summed E-state index contributed by atoms with van der Waals surface area (Å²) in [7, 11) is -3.12. The second kappa shape index (κ2) is 4.63. The molecular weight excluding hydrogens is 224 g/mol. The van der Waals surface area contributed by atoms with Crippen LogP contribution in [0, 0.1) is 0 Å². The van der Waals surface area contributed by atoms with Crippen LogP contribution in [-0.2, 0) is 10.0 Å². The van der Waals surface area contributed by atoms with Crippen molar-refractivity contribution in [2.24, 2.45) is 0 Å². The van der Waals surface area contributed by atoms with Gasteiger partial charge in [0.15, 0.2) is 0 Å². The van der Waals surface area contributed by atoms with E-state index in [1.165, 1.54) is 6.42 Å². The molecule has 0 aromatic rings. The Hall–Kier alpha value is -0.130. The zero-order valence-electron chi connectivity index (χ0n) is 9.96. The van der Waals surface area contributed by atoms with E-state index in [-0.39, 0.29) is 10.8 Å². The second-order valence-electron chi connectivity index (χ2n) is 5.39. The number of hydrogen-bond donors (Lipinski definition) is 2. The van der Waals surface area contributed by atoms with E-state index in [0.717, 1.165) is 45.2 Å². The summed E-state index contributed by atoms with van der Waals surface area (Å²) in [6.07, 6.45) is 5.85. The average molecular weight is 246 g/mol. The van der Waals surface area contributed by atoms with E-state index in [9.17, 15) is 8.42 Å². The minimum absolute atomic E-state index is 0.154. The van der Waals surface area contributed by atoms with Gasteiger partial charge in [0.05, 0.1) is 5.25 Å². The molecule has 2 rings (SSSR count). The molecule has 5 heteroatoms. The van der Waals surface area contributed by atoms with E-state index in [4.69, 9.17) is 0 Å². The van der Waals surface area contributed by atoms with Gasteiger partial charge in [-0.05, 0) is 32.7 Å². The number of hydrogen-bond acceptors (Lipinski definition) is 3. The quantitative estimate of drug-likeness (QED) is 0.781. The Morgan fingerprint density at radius 1 is 1.25 bits per heavy atom. The molecule has 0 spiro atoms. The van der Waals surface area contributed by atoms with E-state index < -0.39 is 10.0 Å². The normalized spacial score (nSPS) is 33.1. The summed E-state index contributed by atoms with van der Waals surface area (Å²) in [5.74, 6) is 0. The molecule has 94 valence electrons. The first-order valence-corrected chi connectivity index (χ1v) is 7.80. The zero-order chi connectivity index (χ0) is 11.6. The molecular formula is C11H22N2O2S. The average Bonchev–Trinajstić information content (AvgIpc) is 2.65. The highest BCUT2D eigenvalue weighted by molar-refractivity contribution is 7.90. The molecule has 1 aliphatic carbocycles. The summed E-state index contributed by atoms with van der Waals surface area (Å²) in [5, 5.41) is 3.06. The number of nitrogens with one attached hydrogen (secondary N) is 2. The summed E-state index contributed by atoms with van der Waals surface area (Å²) in [5.41, 5.74) is -0.268. The van der Waals surface area contributed by atoms with Crippen molar-refractivity contribution in [3.05, 3.63) is 0 Å². The van der Waals surface area contributed by atoms with Crippen molar-refractivity contribution >= 4 is 10.0 Å². The molecule has 2 fully saturated rings. The summed E-state index contributed by atoms with van der Waals surface area (Å²) in [6.45, 7) is 3.65. The first-order valence-electron chi connectivity index (χ1n) is 6.25. The highest BCUT2D eigenvalue weighted by atomic mass is 32.2. The molecule has 0 radical (unpaired) electrons. The molecule has 2 N–H and O–H groups in total. The number of rotatable bonds is 3. The zero-order valence-corrected chi connectivity index (χ0v) is 10.8. The Labute approximate surface area is 98.2 Å². The van der Waals surface area contributed by atoms with E-state index in [2.05, 4.69) is 10.0 Å². The molecule has 2 aliphatic rings. The summed E-state index contributed by atoms with van der Waals surface area (Å²) >= 11 is 0. The third-order valence-corrected chi connectivity index (χ3v) is 5.87. The van der Waals surface area contributed by atoms with Gasteiger partial charge in [-0.2, -0.15) is 0 Å². The summed E-state index contributed by atoms with van der Waals surface area (Å²) in [4.78, 5) is 0. The lowest BCUT2D eigenvalue weighted by atomic mass is 10.0. The van der Waals surface area contributed by atoms with Gasteiger partial charge >= 0.3 is 0 Å². The maximum atomic E-state index is 12.2. The molecule has 0 aromatic heterocycles. The predicted molar refractivity (Wildman–Crippen MR) is 64.8 cm³/mol. The molecule has 0 bridgehead atoms. The second-order valence-corrected chi connectivity index (χ2v) is 7.36. The molecule has 1 saturated heterocycles. The largest absolute Gasteiger partial charge is 0.315 e. The van der Waals surface area contributed by atoms with E-state index in [1.807, 2.05) is 6.92 Å². The van der Waals surface area contributed by atoms with Gasteiger partial charge < -0.3 is 5.32 Å². The van der Waals surface area contributed by atoms with Crippen molar-refractivity contribution in [2.45, 2.75) is 56.2 Å². The minimum Gasteiger partial charge on any atom is -0.315 e. The predicted octanol–water partition coefficient (Wildman–Crippen LogP) is 0.990. The third-order valence-electron chi connectivity index (χ3n) is 3.75. The van der Waals surface area contributed by atoms with Crippen molar-refractivity contribution in [2.75, 3.05) is 13.1 Å².